The number of nitrogens with zero attached hydrogens (tertiary/aromatic N) is 2. The summed E-state index contributed by atoms with van der Waals surface area (Å²) in [4.78, 5) is 18.8. The third-order valence-electron chi connectivity index (χ3n) is 3.86. The van der Waals surface area contributed by atoms with Crippen molar-refractivity contribution in [2.24, 2.45) is 0 Å². The van der Waals surface area contributed by atoms with E-state index in [0.29, 0.717) is 13.1 Å². The van der Waals surface area contributed by atoms with Crippen LogP contribution in [0, 0.1) is 0 Å². The lowest BCUT2D eigenvalue weighted by Gasteiger charge is -2.23. The summed E-state index contributed by atoms with van der Waals surface area (Å²) in [5, 5.41) is 3.18. The summed E-state index contributed by atoms with van der Waals surface area (Å²) in [6.07, 6.45) is 1.75. The van der Waals surface area contributed by atoms with E-state index in [2.05, 4.69) is 10.3 Å². The molecule has 0 fully saturated rings. The summed E-state index contributed by atoms with van der Waals surface area (Å²) in [7, 11) is 0. The summed E-state index contributed by atoms with van der Waals surface area (Å²) in [6, 6.07) is 25.5. The van der Waals surface area contributed by atoms with Crippen molar-refractivity contribution >= 4 is 11.6 Å². The number of rotatable bonds is 7. The van der Waals surface area contributed by atoms with Crippen LogP contribution in [0.3, 0.4) is 0 Å². The number of aromatic nitrogens is 1. The number of hydrogen-bond donors (Lipinski definition) is 1. The third-order valence-corrected chi connectivity index (χ3v) is 3.86. The van der Waals surface area contributed by atoms with Gasteiger partial charge < -0.3 is 10.2 Å². The van der Waals surface area contributed by atoms with Gasteiger partial charge in [-0.05, 0) is 29.8 Å². The Kier molecular flexibility index (Phi) is 5.91. The van der Waals surface area contributed by atoms with Crippen molar-refractivity contribution in [1.82, 2.24) is 10.3 Å². The fourth-order valence-corrected chi connectivity index (χ4v) is 2.59. The normalized spacial score (nSPS) is 10.4. The van der Waals surface area contributed by atoms with Crippen LogP contribution in [-0.2, 0) is 17.9 Å². The largest absolute Gasteiger partial charge is 0.307 e. The Morgan fingerprint density at radius 2 is 1.56 bits per heavy atom. The average molecular weight is 331 g/mol. The zero-order valence-electron chi connectivity index (χ0n) is 14.0. The predicted octanol–water partition coefficient (Wildman–Crippen LogP) is 3.40. The Morgan fingerprint density at radius 3 is 2.24 bits per heavy atom. The Balaban J connectivity index is 1.67. The minimum atomic E-state index is 0.0333. The zero-order chi connectivity index (χ0) is 17.3. The number of para-hydroxylation sites is 1. The molecule has 0 radical (unpaired) electrons. The molecule has 126 valence electrons. The molecule has 0 saturated carbocycles. The minimum absolute atomic E-state index is 0.0333. The number of benzene rings is 2. The first kappa shape index (κ1) is 16.9. The molecule has 0 aliphatic carbocycles. The van der Waals surface area contributed by atoms with Crippen molar-refractivity contribution in [2.75, 3.05) is 11.4 Å². The number of carbonyl (C=O) groups is 1. The average Bonchev–Trinajstić information content (AvgIpc) is 2.68. The molecule has 0 atom stereocenters. The van der Waals surface area contributed by atoms with E-state index in [1.54, 1.807) is 11.1 Å². The Hall–Kier alpha value is -2.98. The zero-order valence-corrected chi connectivity index (χ0v) is 14.0. The number of anilines is 1. The van der Waals surface area contributed by atoms with Crippen molar-refractivity contribution in [3.8, 4) is 0 Å². The van der Waals surface area contributed by atoms with E-state index in [-0.39, 0.29) is 12.5 Å². The van der Waals surface area contributed by atoms with Gasteiger partial charge in [-0.1, -0.05) is 54.6 Å². The molecule has 4 heteroatoms. The fourth-order valence-electron chi connectivity index (χ4n) is 2.59. The molecule has 1 heterocycles. The summed E-state index contributed by atoms with van der Waals surface area (Å²) in [5.41, 5.74) is 2.92. The number of amides is 1. The van der Waals surface area contributed by atoms with Crippen LogP contribution in [0.4, 0.5) is 5.69 Å². The maximum absolute atomic E-state index is 12.8. The Bertz CT molecular complexity index is 776. The molecule has 0 saturated heterocycles. The van der Waals surface area contributed by atoms with E-state index in [4.69, 9.17) is 0 Å². The second-order valence-electron chi connectivity index (χ2n) is 5.73. The van der Waals surface area contributed by atoms with Crippen LogP contribution < -0.4 is 10.2 Å². The van der Waals surface area contributed by atoms with E-state index in [0.717, 1.165) is 16.9 Å². The smallest absolute Gasteiger partial charge is 0.241 e. The summed E-state index contributed by atoms with van der Waals surface area (Å²) >= 11 is 0. The van der Waals surface area contributed by atoms with Gasteiger partial charge in [-0.15, -0.1) is 0 Å². The maximum Gasteiger partial charge on any atom is 0.241 e. The highest BCUT2D eigenvalue weighted by Gasteiger charge is 2.15. The lowest BCUT2D eigenvalue weighted by atomic mass is 10.2. The molecular weight excluding hydrogens is 310 g/mol. The molecule has 1 N–H and O–H groups in total. The highest BCUT2D eigenvalue weighted by molar-refractivity contribution is 5.94. The quantitative estimate of drug-likeness (QED) is 0.722. The SMILES string of the molecule is O=C(CNCc1ccccn1)N(Cc1ccccc1)c1ccccc1. The van der Waals surface area contributed by atoms with Gasteiger partial charge in [0.2, 0.25) is 5.91 Å². The first-order chi connectivity index (χ1) is 12.3. The van der Waals surface area contributed by atoms with Gasteiger partial charge in [0.1, 0.15) is 0 Å². The van der Waals surface area contributed by atoms with Gasteiger partial charge in [-0.3, -0.25) is 9.78 Å². The first-order valence-electron chi connectivity index (χ1n) is 8.33. The minimum Gasteiger partial charge on any atom is -0.307 e. The molecule has 0 aliphatic rings. The maximum atomic E-state index is 12.8. The predicted molar refractivity (Wildman–Crippen MR) is 100 cm³/mol. The van der Waals surface area contributed by atoms with Crippen LogP contribution in [0.1, 0.15) is 11.3 Å². The molecule has 1 aromatic heterocycles. The number of pyridine rings is 1. The van der Waals surface area contributed by atoms with Gasteiger partial charge in [0.05, 0.1) is 18.8 Å². The van der Waals surface area contributed by atoms with Crippen LogP contribution in [0.2, 0.25) is 0 Å². The van der Waals surface area contributed by atoms with Crippen molar-refractivity contribution in [3.63, 3.8) is 0 Å². The highest BCUT2D eigenvalue weighted by Crippen LogP contribution is 2.17. The molecule has 3 aromatic rings. The van der Waals surface area contributed by atoms with E-state index < -0.39 is 0 Å². The van der Waals surface area contributed by atoms with Gasteiger partial charge >= 0.3 is 0 Å². The van der Waals surface area contributed by atoms with E-state index in [9.17, 15) is 4.79 Å². The molecule has 3 rings (SSSR count). The summed E-state index contributed by atoms with van der Waals surface area (Å²) in [5.74, 6) is 0.0333. The number of nitrogens with one attached hydrogen (secondary N) is 1. The summed E-state index contributed by atoms with van der Waals surface area (Å²) < 4.78 is 0. The number of carbonyl (C=O) groups excluding carboxylic acids is 1. The van der Waals surface area contributed by atoms with Crippen molar-refractivity contribution in [1.29, 1.82) is 0 Å². The van der Waals surface area contributed by atoms with Crippen molar-refractivity contribution in [3.05, 3.63) is 96.3 Å². The second-order valence-corrected chi connectivity index (χ2v) is 5.73. The van der Waals surface area contributed by atoms with E-state index >= 15 is 0 Å². The standard InChI is InChI=1S/C21H21N3O/c25-21(16-22-15-19-11-7-8-14-23-19)24(20-12-5-2-6-13-20)17-18-9-3-1-4-10-18/h1-14,22H,15-17H2. The van der Waals surface area contributed by atoms with Crippen LogP contribution in [0.15, 0.2) is 85.1 Å². The molecule has 0 spiro atoms. The third kappa shape index (κ3) is 4.99. The lowest BCUT2D eigenvalue weighted by Crippen LogP contribution is -2.37. The molecule has 4 nitrogen and oxygen atoms in total. The van der Waals surface area contributed by atoms with Gasteiger partial charge in [0.25, 0.3) is 0 Å². The van der Waals surface area contributed by atoms with Crippen molar-refractivity contribution < 1.29 is 4.79 Å². The van der Waals surface area contributed by atoms with Gasteiger partial charge in [-0.2, -0.15) is 0 Å². The van der Waals surface area contributed by atoms with Gasteiger partial charge in [0, 0.05) is 18.4 Å². The summed E-state index contributed by atoms with van der Waals surface area (Å²) in [6.45, 7) is 1.38. The van der Waals surface area contributed by atoms with Crippen LogP contribution >= 0.6 is 0 Å². The second kappa shape index (κ2) is 8.76. The molecule has 1 amide bonds. The fraction of sp³-hybridized carbons (Fsp3) is 0.143. The molecule has 2 aromatic carbocycles. The van der Waals surface area contributed by atoms with Gasteiger partial charge in [0.15, 0.2) is 0 Å². The molecule has 0 unspecified atom stereocenters. The Labute approximate surface area is 148 Å². The van der Waals surface area contributed by atoms with Crippen LogP contribution in [0.5, 0.6) is 0 Å². The Morgan fingerprint density at radius 1 is 0.880 bits per heavy atom. The highest BCUT2D eigenvalue weighted by atomic mass is 16.2. The van der Waals surface area contributed by atoms with E-state index in [1.807, 2.05) is 78.9 Å². The lowest BCUT2D eigenvalue weighted by molar-refractivity contribution is -0.118. The molecular formula is C21H21N3O. The van der Waals surface area contributed by atoms with Gasteiger partial charge in [-0.25, -0.2) is 0 Å². The van der Waals surface area contributed by atoms with E-state index in [1.165, 1.54) is 0 Å². The molecule has 0 bridgehead atoms. The van der Waals surface area contributed by atoms with Crippen molar-refractivity contribution in [2.45, 2.75) is 13.1 Å². The molecule has 0 aliphatic heterocycles. The molecule has 25 heavy (non-hydrogen) atoms. The van der Waals surface area contributed by atoms with Crippen LogP contribution in [-0.4, -0.2) is 17.4 Å². The number of hydrogen-bond acceptors (Lipinski definition) is 3. The topological polar surface area (TPSA) is 45.2 Å². The monoisotopic (exact) mass is 331 g/mol. The van der Waals surface area contributed by atoms with Crippen LogP contribution in [0.25, 0.3) is 0 Å². The first-order valence-corrected chi connectivity index (χ1v) is 8.33.